The van der Waals surface area contributed by atoms with Crippen LogP contribution in [0.5, 0.6) is 0 Å². The van der Waals surface area contributed by atoms with Crippen LogP contribution in [0.1, 0.15) is 104 Å². The molecule has 4 amide bonds. The number of ether oxygens (including phenoxy) is 3. The molecule has 0 radical (unpaired) electrons. The predicted molar refractivity (Wildman–Crippen MR) is 285 cm³/mol. The third-order valence-corrected chi connectivity index (χ3v) is 21.0. The third kappa shape index (κ3) is 14.5. The van der Waals surface area contributed by atoms with Crippen molar-refractivity contribution in [3.8, 4) is 0 Å². The number of unbranched alkanes of at least 4 members (excludes halogenated alkanes) is 3. The summed E-state index contributed by atoms with van der Waals surface area (Å²) >= 11 is 2.86. The number of aliphatic carboxylic acids is 1. The summed E-state index contributed by atoms with van der Waals surface area (Å²) in [5.74, 6) is -1.99. The number of nitrogens with one attached hydrogen (secondary N) is 2. The maximum Gasteiger partial charge on any atom is 0.355 e. The van der Waals surface area contributed by atoms with Gasteiger partial charge in [0.25, 0.3) is 11.8 Å². The number of carbonyl (C=O) groups excluding carboxylic acids is 6. The van der Waals surface area contributed by atoms with E-state index in [1.165, 1.54) is 28.4 Å². The number of Topliss-reactive ketones (excluding diaryl/α,β-unsaturated/α-hetero) is 1. The number of carbonyl (C=O) groups is 7. The molecule has 394 valence electrons. The zero-order valence-corrected chi connectivity index (χ0v) is 45.4. The number of ketones is 1. The van der Waals surface area contributed by atoms with Crippen LogP contribution >= 0.6 is 30.4 Å². The fraction of sp³-hybridized carbons (Fsp3) is 0.593. The van der Waals surface area contributed by atoms with Crippen molar-refractivity contribution < 1.29 is 52.9 Å². The lowest BCUT2D eigenvalue weighted by Crippen LogP contribution is -2.72. The summed E-state index contributed by atoms with van der Waals surface area (Å²) in [6.07, 6.45) is 10.3. The highest BCUT2D eigenvalue weighted by Gasteiger charge is 2.56. The molecule has 2 aromatic carbocycles. The normalized spacial score (nSPS) is 22.8. The van der Waals surface area contributed by atoms with Crippen LogP contribution in [0.25, 0.3) is 0 Å². The lowest BCUT2D eigenvalue weighted by molar-refractivity contribution is -0.151. The highest BCUT2D eigenvalue weighted by Crippen LogP contribution is 2.54. The number of fused-ring (bicyclic) bond motifs is 1. The summed E-state index contributed by atoms with van der Waals surface area (Å²) in [4.78, 5) is 94.7. The summed E-state index contributed by atoms with van der Waals surface area (Å²) < 4.78 is 16.9. The van der Waals surface area contributed by atoms with Gasteiger partial charge < -0.3 is 30.0 Å². The van der Waals surface area contributed by atoms with E-state index in [0.29, 0.717) is 44.0 Å². The van der Waals surface area contributed by atoms with E-state index in [0.717, 1.165) is 80.1 Å². The Balaban J connectivity index is 0.000000265. The van der Waals surface area contributed by atoms with E-state index in [1.807, 2.05) is 81.4 Å². The van der Waals surface area contributed by atoms with Gasteiger partial charge in [-0.05, 0) is 88.1 Å². The minimum Gasteiger partial charge on any atom is -0.477 e. The van der Waals surface area contributed by atoms with Crippen LogP contribution in [0, 0.1) is 11.8 Å². The molecular formula is C54H75N4O11PS2. The molecule has 5 aliphatic rings. The van der Waals surface area contributed by atoms with Crippen LogP contribution in [0.2, 0.25) is 0 Å². The molecular weight excluding hydrogens is 976 g/mol. The number of carboxylic acid groups (broad SMARTS) is 1. The standard InChI is InChI=1S/C35H55N2O6PS.C19H20N2O5S/c1-7-10-20-44(21-11-8-2,22-12-9-3)32(34(41)43-35(4,5)6)37-31(40)30(36-29(39)23-26-16-14-13-15-17-26)33(37)45-25-28(38)27-18-19-42-24-27;22-14(8-11-4-2-1-3-5-11)20-15-17(23)21-16(19(24)25)13(10-27-18(15)21)12-6-7-26-9-12/h13-17,27,30,33H,7-12,18-25H2,1-6H3,(H,36,39);1-5,12,15,18H,6-10H2,(H,20,22)(H,24,25)/t27?,30-,33-;12?,15-,18-/m11/s1. The Hall–Kier alpha value is -4.41. The topological polar surface area (TPSA) is 198 Å². The first kappa shape index (κ1) is 56.9. The van der Waals surface area contributed by atoms with Crippen molar-refractivity contribution in [1.82, 2.24) is 20.4 Å². The fourth-order valence-electron chi connectivity index (χ4n) is 9.72. The van der Waals surface area contributed by atoms with Crippen LogP contribution in [-0.2, 0) is 60.6 Å². The number of thioether (sulfide) groups is 2. The van der Waals surface area contributed by atoms with Crippen molar-refractivity contribution >= 4 is 77.2 Å². The van der Waals surface area contributed by atoms with Crippen molar-refractivity contribution in [2.75, 3.05) is 56.4 Å². The van der Waals surface area contributed by atoms with Gasteiger partial charge in [0, 0.05) is 30.8 Å². The molecule has 0 spiro atoms. The molecule has 4 fully saturated rings. The maximum absolute atomic E-state index is 14.3. The molecule has 5 heterocycles. The largest absolute Gasteiger partial charge is 0.477 e. The molecule has 18 heteroatoms. The molecule has 0 aromatic heterocycles. The Morgan fingerprint density at radius 1 is 0.778 bits per heavy atom. The number of β-lactam (4-membered cyclic amide) rings is 2. The number of hydrogen-bond donors (Lipinski definition) is 3. The number of esters is 1. The number of amides is 4. The predicted octanol–water partition coefficient (Wildman–Crippen LogP) is 7.11. The second-order valence-corrected chi connectivity index (χ2v) is 26.5. The minimum atomic E-state index is -2.16. The van der Waals surface area contributed by atoms with Gasteiger partial charge in [0.1, 0.15) is 45.3 Å². The highest BCUT2D eigenvalue weighted by atomic mass is 32.2. The molecule has 15 nitrogen and oxygen atoms in total. The van der Waals surface area contributed by atoms with Gasteiger partial charge >= 0.3 is 11.9 Å². The average molecular weight is 1050 g/mol. The number of benzene rings is 2. The van der Waals surface area contributed by atoms with E-state index in [4.69, 9.17) is 14.2 Å². The molecule has 4 saturated heterocycles. The Labute approximate surface area is 434 Å². The van der Waals surface area contributed by atoms with Crippen molar-refractivity contribution in [3.63, 3.8) is 0 Å². The zero-order valence-electron chi connectivity index (χ0n) is 42.9. The van der Waals surface area contributed by atoms with Gasteiger partial charge in [-0.25, -0.2) is 9.59 Å². The van der Waals surface area contributed by atoms with Crippen LogP contribution in [0.3, 0.4) is 0 Å². The molecule has 3 N–H and O–H groups in total. The summed E-state index contributed by atoms with van der Waals surface area (Å²) in [5.41, 5.74) is 2.33. The first-order valence-corrected chi connectivity index (χ1v) is 30.1. The van der Waals surface area contributed by atoms with Gasteiger partial charge in [-0.3, -0.25) is 33.8 Å². The Morgan fingerprint density at radius 3 is 1.81 bits per heavy atom. The number of nitrogens with zero attached hydrogens (tertiary/aromatic N) is 2. The number of hydrogen-bond acceptors (Lipinski definition) is 12. The SMILES string of the molecule is CCCCP(CCCC)(CCCC)=C(C(=O)OC(C)(C)C)N1C(=O)[C@@H](NC(=O)Cc2ccccc2)[C@H]1SCC(=O)C1CCOC1.O=C(Cc1ccccc1)N[C@@H]1C(=O)N2C(C(=O)O)=C(C3CCOC3)CS[C@H]12. The van der Waals surface area contributed by atoms with Gasteiger partial charge in [-0.1, -0.05) is 108 Å². The molecule has 7 rings (SSSR count). The summed E-state index contributed by atoms with van der Waals surface area (Å²) in [6.45, 7) is 12.0. The fourth-order valence-corrected chi connectivity index (χ4v) is 17.7. The summed E-state index contributed by atoms with van der Waals surface area (Å²) in [6, 6.07) is 17.2. The lowest BCUT2D eigenvalue weighted by Gasteiger charge is -2.50. The second kappa shape index (κ2) is 26.7. The van der Waals surface area contributed by atoms with Crippen molar-refractivity contribution in [2.24, 2.45) is 11.8 Å². The zero-order chi connectivity index (χ0) is 52.0. The first-order valence-electron chi connectivity index (χ1n) is 25.7. The van der Waals surface area contributed by atoms with Crippen LogP contribution in [0.15, 0.2) is 71.9 Å². The maximum atomic E-state index is 14.3. The van der Waals surface area contributed by atoms with E-state index < -0.39 is 41.9 Å². The number of carboxylic acids is 1. The van der Waals surface area contributed by atoms with Crippen LogP contribution in [0.4, 0.5) is 0 Å². The first-order chi connectivity index (χ1) is 34.5. The highest BCUT2D eigenvalue weighted by molar-refractivity contribution is 8.00. The van der Waals surface area contributed by atoms with Gasteiger partial charge in [-0.15, -0.1) is 23.5 Å². The average Bonchev–Trinajstić information content (AvgIpc) is 4.11. The second-order valence-electron chi connectivity index (χ2n) is 20.2. The van der Waals surface area contributed by atoms with E-state index in [1.54, 1.807) is 4.90 Å². The quantitative estimate of drug-likeness (QED) is 0.0579. The number of rotatable bonds is 23. The summed E-state index contributed by atoms with van der Waals surface area (Å²) in [7, 11) is 0. The van der Waals surface area contributed by atoms with E-state index >= 15 is 0 Å². The molecule has 2 unspecified atom stereocenters. The number of likely N-dealkylation sites (tertiary alicyclic amines) is 1. The van der Waals surface area contributed by atoms with E-state index in [2.05, 4.69) is 31.4 Å². The molecule has 72 heavy (non-hydrogen) atoms. The smallest absolute Gasteiger partial charge is 0.355 e. The Bertz CT molecular complexity index is 2300. The van der Waals surface area contributed by atoms with E-state index in [-0.39, 0.29) is 70.9 Å². The van der Waals surface area contributed by atoms with Crippen molar-refractivity contribution in [1.29, 1.82) is 0 Å². The molecule has 5 aliphatic heterocycles. The van der Waals surface area contributed by atoms with Gasteiger partial charge in [0.15, 0.2) is 0 Å². The van der Waals surface area contributed by atoms with Crippen LogP contribution < -0.4 is 10.6 Å². The van der Waals surface area contributed by atoms with E-state index in [9.17, 15) is 38.7 Å². The molecule has 0 saturated carbocycles. The molecule has 0 bridgehead atoms. The summed E-state index contributed by atoms with van der Waals surface area (Å²) in [5, 5.41) is 14.5. The van der Waals surface area contributed by atoms with Crippen molar-refractivity contribution in [2.45, 2.75) is 134 Å². The van der Waals surface area contributed by atoms with Crippen molar-refractivity contribution in [3.05, 3.63) is 83.1 Å². The van der Waals surface area contributed by atoms with Gasteiger partial charge in [0.2, 0.25) is 11.8 Å². The lowest BCUT2D eigenvalue weighted by atomic mass is 9.94. The van der Waals surface area contributed by atoms with Gasteiger partial charge in [0.05, 0.1) is 31.8 Å². The van der Waals surface area contributed by atoms with Crippen LogP contribution in [-0.4, -0.2) is 147 Å². The third-order valence-electron chi connectivity index (χ3n) is 13.6. The monoisotopic (exact) mass is 1050 g/mol. The Kier molecular flexibility index (Phi) is 21.1. The molecule has 0 aliphatic carbocycles. The minimum absolute atomic E-state index is 0.0454. The molecule has 2 aromatic rings. The Morgan fingerprint density at radius 2 is 1.32 bits per heavy atom. The molecule has 6 atom stereocenters. The van der Waals surface area contributed by atoms with Gasteiger partial charge in [-0.2, -0.15) is 0 Å².